The number of rotatable bonds is 7. The van der Waals surface area contributed by atoms with E-state index in [-0.39, 0.29) is 17.0 Å². The van der Waals surface area contributed by atoms with E-state index in [2.05, 4.69) is 44.1 Å². The van der Waals surface area contributed by atoms with Gasteiger partial charge in [0.1, 0.15) is 24.6 Å². The SMILES string of the molecule is CCN(CCn1cc[n+](C)c1)c1ccc(/N=N/c2nc(C)cs2)c(Cl)c1.[Br-]. The monoisotopic (exact) mass is 468 g/mol. The van der Waals surface area contributed by atoms with Gasteiger partial charge in [-0.3, -0.25) is 0 Å². The van der Waals surface area contributed by atoms with Crippen molar-refractivity contribution >= 4 is 39.4 Å². The van der Waals surface area contributed by atoms with Gasteiger partial charge in [-0.1, -0.05) is 11.6 Å². The van der Waals surface area contributed by atoms with E-state index in [9.17, 15) is 0 Å². The Morgan fingerprint density at radius 2 is 2.15 bits per heavy atom. The van der Waals surface area contributed by atoms with Gasteiger partial charge >= 0.3 is 0 Å². The zero-order valence-electron chi connectivity index (χ0n) is 15.5. The first-order valence-corrected chi connectivity index (χ1v) is 9.70. The van der Waals surface area contributed by atoms with E-state index >= 15 is 0 Å². The van der Waals surface area contributed by atoms with Crippen molar-refractivity contribution in [3.63, 3.8) is 0 Å². The van der Waals surface area contributed by atoms with Gasteiger partial charge in [-0.25, -0.2) is 14.1 Å². The highest BCUT2D eigenvalue weighted by atomic mass is 79.9. The molecule has 0 atom stereocenters. The Bertz CT molecular complexity index is 907. The molecule has 0 bridgehead atoms. The fourth-order valence-electron chi connectivity index (χ4n) is 2.60. The Morgan fingerprint density at radius 3 is 2.74 bits per heavy atom. The molecular weight excluding hydrogens is 448 g/mol. The summed E-state index contributed by atoms with van der Waals surface area (Å²) in [7, 11) is 2.02. The largest absolute Gasteiger partial charge is 1.00 e. The van der Waals surface area contributed by atoms with Crippen LogP contribution in [0.15, 0.2) is 52.5 Å². The van der Waals surface area contributed by atoms with Crippen molar-refractivity contribution < 1.29 is 21.5 Å². The maximum Gasteiger partial charge on any atom is 0.243 e. The lowest BCUT2D eigenvalue weighted by atomic mass is 10.2. The van der Waals surface area contributed by atoms with E-state index in [1.807, 2.05) is 48.3 Å². The van der Waals surface area contributed by atoms with Gasteiger partial charge in [0.2, 0.25) is 11.5 Å². The summed E-state index contributed by atoms with van der Waals surface area (Å²) in [4.78, 5) is 6.56. The molecule has 3 aromatic rings. The minimum absolute atomic E-state index is 0. The summed E-state index contributed by atoms with van der Waals surface area (Å²) in [5.74, 6) is 0. The van der Waals surface area contributed by atoms with Crippen LogP contribution in [0.25, 0.3) is 0 Å². The molecule has 0 aliphatic carbocycles. The quantitative estimate of drug-likeness (QED) is 0.390. The predicted molar refractivity (Wildman–Crippen MR) is 106 cm³/mol. The van der Waals surface area contributed by atoms with E-state index in [1.165, 1.54) is 11.3 Å². The highest BCUT2D eigenvalue weighted by molar-refractivity contribution is 7.13. The van der Waals surface area contributed by atoms with Crippen LogP contribution in [-0.4, -0.2) is 22.6 Å². The van der Waals surface area contributed by atoms with E-state index < -0.39 is 0 Å². The normalized spacial score (nSPS) is 11.0. The average Bonchev–Trinajstić information content (AvgIpc) is 3.23. The first kappa shape index (κ1) is 21.5. The van der Waals surface area contributed by atoms with Crippen molar-refractivity contribution in [3.8, 4) is 0 Å². The number of aromatic nitrogens is 3. The summed E-state index contributed by atoms with van der Waals surface area (Å²) in [5, 5.41) is 11.6. The summed E-state index contributed by atoms with van der Waals surface area (Å²) < 4.78 is 4.21. The molecule has 0 unspecified atom stereocenters. The molecule has 1 aromatic carbocycles. The average molecular weight is 470 g/mol. The molecular formula is C18H22BrClN6S. The molecule has 3 rings (SSSR count). The second-order valence-electron chi connectivity index (χ2n) is 6.00. The summed E-state index contributed by atoms with van der Waals surface area (Å²) in [6.45, 7) is 6.80. The molecule has 0 spiro atoms. The van der Waals surface area contributed by atoms with Crippen molar-refractivity contribution in [1.82, 2.24) is 9.55 Å². The highest BCUT2D eigenvalue weighted by Gasteiger charge is 2.10. The van der Waals surface area contributed by atoms with Gasteiger partial charge in [-0.2, -0.15) is 0 Å². The zero-order valence-corrected chi connectivity index (χ0v) is 18.7. The Hall–Kier alpha value is -1.77. The topological polar surface area (TPSA) is 49.7 Å². The van der Waals surface area contributed by atoms with Crippen LogP contribution in [0.5, 0.6) is 0 Å². The third-order valence-corrected chi connectivity index (χ3v) is 5.13. The van der Waals surface area contributed by atoms with Crippen molar-refractivity contribution in [2.75, 3.05) is 18.0 Å². The van der Waals surface area contributed by atoms with Crippen molar-refractivity contribution in [1.29, 1.82) is 0 Å². The number of likely N-dealkylation sites (N-methyl/N-ethyl adjacent to an activating group) is 1. The van der Waals surface area contributed by atoms with Crippen LogP contribution in [0.1, 0.15) is 12.6 Å². The summed E-state index contributed by atoms with van der Waals surface area (Å²) >= 11 is 7.88. The second-order valence-corrected chi connectivity index (χ2v) is 7.25. The molecule has 6 nitrogen and oxygen atoms in total. The lowest BCUT2D eigenvalue weighted by Gasteiger charge is -2.22. The predicted octanol–water partition coefficient (Wildman–Crippen LogP) is 1.68. The standard InChI is InChI=1S/C18H22ClN6S.BrH/c1-4-25(10-9-24-8-7-23(3)13-24)15-5-6-17(16(19)11-15)21-22-18-20-14(2)12-26-18;/h5-8,11-13H,4,9-10H2,1-3H3;1H/q+1;/p-1/b22-21+;. The second kappa shape index (κ2) is 9.96. The van der Waals surface area contributed by atoms with Crippen molar-refractivity contribution in [3.05, 3.63) is 53.0 Å². The number of thiazole rings is 1. The van der Waals surface area contributed by atoms with E-state index in [4.69, 9.17) is 11.6 Å². The molecule has 0 amide bonds. The molecule has 27 heavy (non-hydrogen) atoms. The molecule has 0 aliphatic rings. The van der Waals surface area contributed by atoms with E-state index in [0.717, 1.165) is 31.0 Å². The molecule has 0 aliphatic heterocycles. The number of nitrogens with zero attached hydrogens (tertiary/aromatic N) is 6. The summed E-state index contributed by atoms with van der Waals surface area (Å²) in [6.07, 6.45) is 6.19. The smallest absolute Gasteiger partial charge is 0.243 e. The number of hydrogen-bond acceptors (Lipinski definition) is 5. The minimum Gasteiger partial charge on any atom is -1.00 e. The zero-order chi connectivity index (χ0) is 18.5. The number of aryl methyl sites for hydroxylation is 2. The molecule has 0 N–H and O–H groups in total. The van der Waals surface area contributed by atoms with Crippen LogP contribution in [0.4, 0.5) is 16.5 Å². The third kappa shape index (κ3) is 5.85. The molecule has 0 fully saturated rings. The molecule has 2 aromatic heterocycles. The van der Waals surface area contributed by atoms with Crippen LogP contribution in [0.2, 0.25) is 5.02 Å². The maximum absolute atomic E-state index is 6.42. The Morgan fingerprint density at radius 1 is 1.33 bits per heavy atom. The van der Waals surface area contributed by atoms with Crippen LogP contribution < -0.4 is 26.4 Å². The van der Waals surface area contributed by atoms with Gasteiger partial charge in [-0.15, -0.1) is 21.6 Å². The lowest BCUT2D eigenvalue weighted by molar-refractivity contribution is -0.671. The van der Waals surface area contributed by atoms with Gasteiger partial charge in [-0.05, 0) is 32.0 Å². The maximum atomic E-state index is 6.42. The third-order valence-electron chi connectivity index (χ3n) is 3.98. The number of azo groups is 1. The molecule has 0 saturated heterocycles. The molecule has 2 heterocycles. The Labute approximate surface area is 178 Å². The van der Waals surface area contributed by atoms with E-state index in [0.29, 0.717) is 15.8 Å². The minimum atomic E-state index is 0. The fourth-order valence-corrected chi connectivity index (χ4v) is 3.42. The molecule has 144 valence electrons. The van der Waals surface area contributed by atoms with Crippen molar-refractivity contribution in [2.45, 2.75) is 20.4 Å². The number of halogens is 2. The van der Waals surface area contributed by atoms with Crippen LogP contribution >= 0.6 is 22.9 Å². The Kier molecular flexibility index (Phi) is 7.94. The number of anilines is 1. The number of hydrogen-bond donors (Lipinski definition) is 0. The highest BCUT2D eigenvalue weighted by Crippen LogP contribution is 2.31. The molecule has 0 saturated carbocycles. The van der Waals surface area contributed by atoms with Crippen LogP contribution in [0, 0.1) is 6.92 Å². The summed E-state index contributed by atoms with van der Waals surface area (Å²) in [6, 6.07) is 5.88. The Balaban J connectivity index is 0.00000261. The van der Waals surface area contributed by atoms with Gasteiger partial charge in [0, 0.05) is 17.6 Å². The van der Waals surface area contributed by atoms with Crippen molar-refractivity contribution in [2.24, 2.45) is 17.3 Å². The van der Waals surface area contributed by atoms with Gasteiger partial charge in [0.15, 0.2) is 0 Å². The first-order valence-electron chi connectivity index (χ1n) is 8.44. The van der Waals surface area contributed by atoms with Gasteiger partial charge in [0.25, 0.3) is 0 Å². The first-order chi connectivity index (χ1) is 12.5. The number of benzene rings is 1. The van der Waals surface area contributed by atoms with Gasteiger partial charge < -0.3 is 21.9 Å². The van der Waals surface area contributed by atoms with Gasteiger partial charge in [0.05, 0.1) is 24.3 Å². The van der Waals surface area contributed by atoms with E-state index in [1.54, 1.807) is 0 Å². The number of imidazole rings is 1. The van der Waals surface area contributed by atoms with Crippen LogP contribution in [-0.2, 0) is 13.6 Å². The molecule has 9 heteroatoms. The fraction of sp³-hybridized carbons (Fsp3) is 0.333. The lowest BCUT2D eigenvalue weighted by Crippen LogP contribution is -3.00. The van der Waals surface area contributed by atoms with Crippen LogP contribution in [0.3, 0.4) is 0 Å². The summed E-state index contributed by atoms with van der Waals surface area (Å²) in [5.41, 5.74) is 2.68. The molecule has 0 radical (unpaired) electrons.